The Morgan fingerprint density at radius 3 is 2.24 bits per heavy atom. The molecule has 29 heteroatoms. The van der Waals surface area contributed by atoms with Crippen molar-refractivity contribution in [2.75, 3.05) is 38.6 Å². The number of H-pyrrole nitrogens is 1. The number of unbranched alkanes of at least 4 members (excludes halogenated alkanes) is 3. The molecule has 0 saturated carbocycles. The molecule has 3 aliphatic heterocycles. The summed E-state index contributed by atoms with van der Waals surface area (Å²) in [5.41, 5.74) is 4.87. The number of ether oxygens (including phenoxy) is 5. The van der Waals surface area contributed by atoms with Gasteiger partial charge >= 0.3 is 0 Å². The number of anilines is 1. The van der Waals surface area contributed by atoms with Gasteiger partial charge in [0, 0.05) is 20.0 Å². The Morgan fingerprint density at radius 2 is 1.54 bits per heavy atom. The van der Waals surface area contributed by atoms with Crippen molar-refractivity contribution >= 4 is 46.6 Å². The molecule has 0 aromatic carbocycles. The molecule has 2 aromatic heterocycles. The molecule has 0 spiro atoms. The fourth-order valence-electron chi connectivity index (χ4n) is 8.02. The molecule has 5 rings (SSSR count). The predicted octanol–water partition coefficient (Wildman–Crippen LogP) is -6.92. The van der Waals surface area contributed by atoms with Crippen LogP contribution < -0.4 is 37.9 Å². The van der Waals surface area contributed by atoms with Gasteiger partial charge < -0.3 is 96.9 Å². The Kier molecular flexibility index (Phi) is 20.7. The van der Waals surface area contributed by atoms with Gasteiger partial charge in [0.15, 0.2) is 30.0 Å². The van der Waals surface area contributed by atoms with Gasteiger partial charge in [-0.2, -0.15) is 4.98 Å². The van der Waals surface area contributed by atoms with Crippen LogP contribution in [-0.2, 0) is 47.7 Å². The number of amides is 5. The first kappa shape index (κ1) is 55.9. The minimum absolute atomic E-state index is 0.0384. The average Bonchev–Trinajstić information content (AvgIpc) is 3.87. The lowest BCUT2D eigenvalue weighted by molar-refractivity contribution is -0.291. The third-order valence-corrected chi connectivity index (χ3v) is 12.0. The minimum atomic E-state index is -1.68. The minimum Gasteiger partial charge on any atom is -0.394 e. The lowest BCUT2D eigenvalue weighted by Crippen LogP contribution is -2.65. The Balaban J connectivity index is 1.19. The molecule has 0 bridgehead atoms. The molecule has 0 aliphatic carbocycles. The van der Waals surface area contributed by atoms with Gasteiger partial charge in [-0.1, -0.05) is 26.2 Å². The number of aromatic amines is 1. The van der Waals surface area contributed by atoms with Crippen LogP contribution in [0.2, 0.25) is 0 Å². The van der Waals surface area contributed by atoms with E-state index < -0.39 is 159 Å². The van der Waals surface area contributed by atoms with Gasteiger partial charge in [-0.3, -0.25) is 38.3 Å². The summed E-state index contributed by atoms with van der Waals surface area (Å²) in [6.07, 6.45) is -16.0. The van der Waals surface area contributed by atoms with Crippen LogP contribution in [0.5, 0.6) is 0 Å². The number of hydrogen-bond donors (Lipinski definition) is 15. The Hall–Kier alpha value is -5.02. The van der Waals surface area contributed by atoms with Gasteiger partial charge in [0.2, 0.25) is 35.5 Å². The highest BCUT2D eigenvalue weighted by atomic mass is 16.7. The molecule has 29 nitrogen and oxygen atoms in total. The van der Waals surface area contributed by atoms with E-state index in [1.807, 2.05) is 6.92 Å². The van der Waals surface area contributed by atoms with Crippen molar-refractivity contribution in [3.63, 3.8) is 0 Å². The topological polar surface area (TPSA) is 443 Å². The maximum absolute atomic E-state index is 13.7. The van der Waals surface area contributed by atoms with E-state index in [4.69, 9.17) is 29.4 Å². The highest BCUT2D eigenvalue weighted by Gasteiger charge is 2.48. The molecule has 16 atom stereocenters. The quantitative estimate of drug-likeness (QED) is 0.0435. The zero-order valence-electron chi connectivity index (χ0n) is 38.8. The van der Waals surface area contributed by atoms with Gasteiger partial charge in [0.25, 0.3) is 5.56 Å². The second-order valence-corrected chi connectivity index (χ2v) is 17.3. The summed E-state index contributed by atoms with van der Waals surface area (Å²) in [5, 5.41) is 95.4. The number of imidazole rings is 1. The van der Waals surface area contributed by atoms with Gasteiger partial charge in [0.1, 0.15) is 79.7 Å². The molecule has 5 heterocycles. The maximum atomic E-state index is 13.7. The van der Waals surface area contributed by atoms with Crippen molar-refractivity contribution in [1.29, 1.82) is 0 Å². The molecule has 394 valence electrons. The van der Waals surface area contributed by atoms with Crippen molar-refractivity contribution in [2.45, 2.75) is 164 Å². The number of aliphatic hydroxyl groups excluding tert-OH is 8. The van der Waals surface area contributed by atoms with E-state index in [-0.39, 0.29) is 49.3 Å². The number of nitrogens with zero attached hydrogens (tertiary/aromatic N) is 3. The Labute approximate surface area is 399 Å². The van der Waals surface area contributed by atoms with Crippen LogP contribution in [0.1, 0.15) is 71.9 Å². The number of nitrogen functional groups attached to an aromatic ring is 1. The van der Waals surface area contributed by atoms with E-state index in [0.717, 1.165) is 19.2 Å². The molecule has 2 aromatic rings. The molecule has 16 N–H and O–H groups in total. The van der Waals surface area contributed by atoms with Crippen LogP contribution in [0.4, 0.5) is 5.95 Å². The van der Waals surface area contributed by atoms with Crippen LogP contribution in [0.15, 0.2) is 11.1 Å². The number of aliphatic hydroxyl groups is 8. The van der Waals surface area contributed by atoms with Crippen LogP contribution in [0.25, 0.3) is 11.2 Å². The second-order valence-electron chi connectivity index (χ2n) is 17.3. The smallest absolute Gasteiger partial charge is 0.280 e. The van der Waals surface area contributed by atoms with E-state index in [0.29, 0.717) is 6.42 Å². The molecule has 5 amide bonds. The largest absolute Gasteiger partial charge is 0.394 e. The Bertz CT molecular complexity index is 2130. The van der Waals surface area contributed by atoms with Crippen molar-refractivity contribution < 1.29 is 88.5 Å². The summed E-state index contributed by atoms with van der Waals surface area (Å²) in [6, 6.07) is -2.57. The molecule has 3 aliphatic rings. The molecule has 1 unspecified atom stereocenters. The highest BCUT2D eigenvalue weighted by Crippen LogP contribution is 2.31. The molecule has 3 saturated heterocycles. The number of hydrogen-bond acceptors (Lipinski definition) is 22. The van der Waals surface area contributed by atoms with Crippen molar-refractivity contribution in [3.05, 3.63) is 16.7 Å². The molecular weight excluding hydrogens is 937 g/mol. The predicted molar refractivity (Wildman–Crippen MR) is 236 cm³/mol. The monoisotopic (exact) mass is 1000 g/mol. The SMILES string of the molecule is CCCCCC(O[C@@H]1O[C@H](CO)[C@@H](O)[C@H](O)[C@H]1NC(C)=O)C(=O)NCCCC[C@H](NC(=O)CNC(=O)CO[C@H]1O[C@@H](C)[C@@H](O)[C@@H](O)[C@@H]1O)C(=O)NC[C@H]1O[C@@H](n2cnc3c(=O)[nH]c(N)nc32)[C@H](O)[C@@H]1O. The van der Waals surface area contributed by atoms with Crippen molar-refractivity contribution in [2.24, 2.45) is 0 Å². The summed E-state index contributed by atoms with van der Waals surface area (Å²) in [6.45, 7) is 2.12. The van der Waals surface area contributed by atoms with E-state index in [9.17, 15) is 69.6 Å². The maximum Gasteiger partial charge on any atom is 0.280 e. The summed E-state index contributed by atoms with van der Waals surface area (Å²) >= 11 is 0. The number of nitrogens with two attached hydrogens (primary N) is 1. The lowest BCUT2D eigenvalue weighted by atomic mass is 9.96. The zero-order valence-corrected chi connectivity index (χ0v) is 38.8. The molecular formula is C41H66N10O19. The van der Waals surface area contributed by atoms with Gasteiger partial charge in [0.05, 0.1) is 25.6 Å². The summed E-state index contributed by atoms with van der Waals surface area (Å²) in [7, 11) is 0. The number of aromatic nitrogens is 4. The van der Waals surface area contributed by atoms with Crippen molar-refractivity contribution in [3.8, 4) is 0 Å². The third kappa shape index (κ3) is 14.3. The summed E-state index contributed by atoms with van der Waals surface area (Å²) in [4.78, 5) is 87.6. The van der Waals surface area contributed by atoms with Gasteiger partial charge in [-0.05, 0) is 32.6 Å². The Morgan fingerprint density at radius 1 is 0.829 bits per heavy atom. The zero-order chi connectivity index (χ0) is 51.4. The molecule has 3 fully saturated rings. The number of fused-ring (bicyclic) bond motifs is 1. The average molecular weight is 1000 g/mol. The van der Waals surface area contributed by atoms with E-state index >= 15 is 0 Å². The van der Waals surface area contributed by atoms with Crippen LogP contribution in [0, 0.1) is 0 Å². The van der Waals surface area contributed by atoms with Crippen LogP contribution in [0.3, 0.4) is 0 Å². The fourth-order valence-corrected chi connectivity index (χ4v) is 8.02. The number of carbonyl (C=O) groups is 5. The standard InChI is InChI=1S/C41H66N10O19/c1-4-5-6-10-20(69-39-25(47-18(3)53)30(59)29(58)22(14-52)70-39)36(64)43-11-8-7-9-19(48-23(54)13-44-24(55)15-66-40-33(62)31(60)27(56)17(2)67-40)35(63)45-12-21-28(57)32(61)38(68-21)51-16-46-26-34(51)49-41(42)50-37(26)65/h16-17,19-22,25,27-33,38-40,52,56-62H,4-15H2,1-3H3,(H,43,64)(H,44,55)(H,45,63)(H,47,53)(H,48,54)(H3,42,49,50,65)/t17-,19-,20?,21+,22+,25+,27+,28+,29+,30+,31+,32+,33-,38+,39+,40-/m0/s1. The van der Waals surface area contributed by atoms with E-state index in [1.165, 1.54) is 18.4 Å². The van der Waals surface area contributed by atoms with Crippen LogP contribution in [-0.4, -0.2) is 215 Å². The fraction of sp³-hybridized carbons (Fsp3) is 0.756. The van der Waals surface area contributed by atoms with Gasteiger partial charge in [-0.25, -0.2) is 4.98 Å². The highest BCUT2D eigenvalue weighted by molar-refractivity contribution is 5.90. The van der Waals surface area contributed by atoms with Crippen molar-refractivity contribution in [1.82, 2.24) is 46.1 Å². The normalized spacial score (nSPS) is 30.8. The van der Waals surface area contributed by atoms with Gasteiger partial charge in [-0.15, -0.1) is 0 Å². The third-order valence-electron chi connectivity index (χ3n) is 12.0. The first-order valence-corrected chi connectivity index (χ1v) is 23.0. The molecule has 70 heavy (non-hydrogen) atoms. The first-order valence-electron chi connectivity index (χ1n) is 23.0. The summed E-state index contributed by atoms with van der Waals surface area (Å²) < 4.78 is 29.3. The molecule has 0 radical (unpaired) electrons. The number of carbonyl (C=O) groups excluding carboxylic acids is 5. The lowest BCUT2D eigenvalue weighted by Gasteiger charge is -2.43. The number of rotatable bonds is 24. The van der Waals surface area contributed by atoms with E-state index in [2.05, 4.69) is 41.5 Å². The second kappa shape index (κ2) is 25.9. The van der Waals surface area contributed by atoms with E-state index in [1.54, 1.807) is 0 Å². The number of nitrogens with one attached hydrogen (secondary N) is 6. The van der Waals surface area contributed by atoms with Crippen LogP contribution >= 0.6 is 0 Å². The first-order chi connectivity index (χ1) is 33.2. The summed E-state index contributed by atoms with van der Waals surface area (Å²) in [5.74, 6) is -3.85.